The molecule has 23 heavy (non-hydrogen) atoms. The second-order valence-corrected chi connectivity index (χ2v) is 7.93. The van der Waals surface area contributed by atoms with E-state index < -0.39 is 9.84 Å². The molecule has 1 aliphatic rings. The van der Waals surface area contributed by atoms with Crippen molar-refractivity contribution >= 4 is 15.5 Å². The lowest BCUT2D eigenvalue weighted by atomic mass is 10.2. The van der Waals surface area contributed by atoms with Crippen LogP contribution in [0.1, 0.15) is 24.5 Å². The molecule has 0 amide bonds. The van der Waals surface area contributed by atoms with Crippen molar-refractivity contribution in [3.05, 3.63) is 47.9 Å². The van der Waals surface area contributed by atoms with Gasteiger partial charge in [-0.3, -0.25) is 0 Å². The number of rotatable bonds is 4. The highest BCUT2D eigenvalue weighted by Gasteiger charge is 2.25. The van der Waals surface area contributed by atoms with Crippen LogP contribution in [0.2, 0.25) is 0 Å². The number of anilines is 1. The van der Waals surface area contributed by atoms with Gasteiger partial charge in [0.05, 0.1) is 23.8 Å². The number of morpholine rings is 1. The molecule has 0 radical (unpaired) electrons. The Bertz CT molecular complexity index is 764. The molecule has 1 saturated heterocycles. The Morgan fingerprint density at radius 3 is 2.52 bits per heavy atom. The SMILES string of the molecule is CCS(=O)(=O)c1ccc(N2CCOC(c3ccc(C)o3)C2)cc1. The molecule has 1 aromatic heterocycles. The van der Waals surface area contributed by atoms with Crippen molar-refractivity contribution in [2.75, 3.05) is 30.3 Å². The molecular weight excluding hydrogens is 314 g/mol. The fourth-order valence-corrected chi connectivity index (χ4v) is 3.60. The molecule has 0 aliphatic carbocycles. The molecule has 2 heterocycles. The van der Waals surface area contributed by atoms with Crippen LogP contribution in [0.3, 0.4) is 0 Å². The summed E-state index contributed by atoms with van der Waals surface area (Å²) < 4.78 is 35.2. The van der Waals surface area contributed by atoms with Gasteiger partial charge in [0.25, 0.3) is 0 Å². The zero-order valence-corrected chi connectivity index (χ0v) is 14.2. The molecule has 6 heteroatoms. The minimum Gasteiger partial charge on any atom is -0.464 e. The maximum atomic E-state index is 11.9. The summed E-state index contributed by atoms with van der Waals surface area (Å²) in [5, 5.41) is 0. The number of hydrogen-bond acceptors (Lipinski definition) is 5. The van der Waals surface area contributed by atoms with Crippen LogP contribution in [-0.2, 0) is 14.6 Å². The molecule has 5 nitrogen and oxygen atoms in total. The van der Waals surface area contributed by atoms with Crippen LogP contribution < -0.4 is 4.90 Å². The van der Waals surface area contributed by atoms with Gasteiger partial charge in [0.1, 0.15) is 17.6 Å². The maximum Gasteiger partial charge on any atom is 0.178 e. The van der Waals surface area contributed by atoms with Crippen molar-refractivity contribution in [2.45, 2.75) is 24.8 Å². The Kier molecular flexibility index (Phi) is 4.46. The van der Waals surface area contributed by atoms with Crippen molar-refractivity contribution in [1.29, 1.82) is 0 Å². The van der Waals surface area contributed by atoms with E-state index in [1.54, 1.807) is 19.1 Å². The van der Waals surface area contributed by atoms with E-state index in [9.17, 15) is 8.42 Å². The van der Waals surface area contributed by atoms with E-state index >= 15 is 0 Å². The minimum absolute atomic E-state index is 0.100. The predicted molar refractivity (Wildman–Crippen MR) is 88.5 cm³/mol. The molecule has 0 bridgehead atoms. The molecule has 124 valence electrons. The Morgan fingerprint density at radius 1 is 1.17 bits per heavy atom. The number of ether oxygens (including phenoxy) is 1. The third-order valence-electron chi connectivity index (χ3n) is 4.09. The highest BCUT2D eigenvalue weighted by Crippen LogP contribution is 2.28. The molecule has 1 unspecified atom stereocenters. The van der Waals surface area contributed by atoms with Gasteiger partial charge in [0.15, 0.2) is 9.84 Å². The van der Waals surface area contributed by atoms with Crippen molar-refractivity contribution in [3.8, 4) is 0 Å². The first kappa shape index (κ1) is 16.1. The van der Waals surface area contributed by atoms with Crippen LogP contribution in [0.4, 0.5) is 5.69 Å². The average molecular weight is 335 g/mol. The van der Waals surface area contributed by atoms with Gasteiger partial charge in [-0.15, -0.1) is 0 Å². The lowest BCUT2D eigenvalue weighted by molar-refractivity contribution is 0.0253. The van der Waals surface area contributed by atoms with Crippen LogP contribution in [0.5, 0.6) is 0 Å². The van der Waals surface area contributed by atoms with Crippen LogP contribution in [0.15, 0.2) is 45.7 Å². The van der Waals surface area contributed by atoms with Gasteiger partial charge in [-0.1, -0.05) is 6.92 Å². The van der Waals surface area contributed by atoms with Gasteiger partial charge in [0.2, 0.25) is 0 Å². The van der Waals surface area contributed by atoms with Gasteiger partial charge < -0.3 is 14.1 Å². The summed E-state index contributed by atoms with van der Waals surface area (Å²) in [6, 6.07) is 10.9. The smallest absolute Gasteiger partial charge is 0.178 e. The Labute approximate surface area is 136 Å². The molecule has 0 saturated carbocycles. The molecule has 3 rings (SSSR count). The van der Waals surface area contributed by atoms with Crippen molar-refractivity contribution < 1.29 is 17.6 Å². The third kappa shape index (κ3) is 3.43. The first-order chi connectivity index (χ1) is 11.0. The molecule has 1 atom stereocenters. The minimum atomic E-state index is -3.15. The van der Waals surface area contributed by atoms with Crippen LogP contribution in [0, 0.1) is 6.92 Å². The fraction of sp³-hybridized carbons (Fsp3) is 0.412. The number of aryl methyl sites for hydroxylation is 1. The van der Waals surface area contributed by atoms with Crippen LogP contribution in [-0.4, -0.2) is 33.9 Å². The second kappa shape index (κ2) is 6.37. The zero-order chi connectivity index (χ0) is 16.4. The molecular formula is C17H21NO4S. The van der Waals surface area contributed by atoms with E-state index in [1.807, 2.05) is 31.2 Å². The van der Waals surface area contributed by atoms with E-state index in [2.05, 4.69) is 4.90 Å². The van der Waals surface area contributed by atoms with E-state index in [0.717, 1.165) is 23.8 Å². The molecule has 2 aromatic rings. The molecule has 0 N–H and O–H groups in total. The van der Waals surface area contributed by atoms with Crippen LogP contribution >= 0.6 is 0 Å². The number of furan rings is 1. The van der Waals surface area contributed by atoms with E-state index in [-0.39, 0.29) is 11.9 Å². The van der Waals surface area contributed by atoms with E-state index in [4.69, 9.17) is 9.15 Å². The van der Waals surface area contributed by atoms with Gasteiger partial charge >= 0.3 is 0 Å². The highest BCUT2D eigenvalue weighted by molar-refractivity contribution is 7.91. The average Bonchev–Trinajstić information content (AvgIpc) is 3.02. The number of hydrogen-bond donors (Lipinski definition) is 0. The standard InChI is InChI=1S/C17H21NO4S/c1-3-23(19,20)15-7-5-14(6-8-15)18-10-11-21-17(12-18)16-9-4-13(2)22-16/h4-9,17H,3,10-12H2,1-2H3. The summed E-state index contributed by atoms with van der Waals surface area (Å²) in [7, 11) is -3.15. The first-order valence-electron chi connectivity index (χ1n) is 7.75. The lowest BCUT2D eigenvalue weighted by Gasteiger charge is -2.33. The van der Waals surface area contributed by atoms with Gasteiger partial charge in [-0.2, -0.15) is 0 Å². The molecule has 1 aromatic carbocycles. The summed E-state index contributed by atoms with van der Waals surface area (Å²) in [5.74, 6) is 1.82. The van der Waals surface area contributed by atoms with Crippen molar-refractivity contribution in [1.82, 2.24) is 0 Å². The molecule has 1 aliphatic heterocycles. The third-order valence-corrected chi connectivity index (χ3v) is 5.84. The van der Waals surface area contributed by atoms with Gasteiger partial charge in [-0.05, 0) is 43.3 Å². The summed E-state index contributed by atoms with van der Waals surface area (Å²) in [5.41, 5.74) is 0.997. The Hall–Kier alpha value is -1.79. The van der Waals surface area contributed by atoms with Crippen LogP contribution in [0.25, 0.3) is 0 Å². The van der Waals surface area contributed by atoms with Crippen molar-refractivity contribution in [3.63, 3.8) is 0 Å². The Morgan fingerprint density at radius 2 is 1.91 bits per heavy atom. The van der Waals surface area contributed by atoms with Gasteiger partial charge in [0, 0.05) is 12.2 Å². The Balaban J connectivity index is 1.76. The topological polar surface area (TPSA) is 59.8 Å². The second-order valence-electron chi connectivity index (χ2n) is 5.65. The quantitative estimate of drug-likeness (QED) is 0.860. The molecule has 1 fully saturated rings. The number of benzene rings is 1. The fourth-order valence-electron chi connectivity index (χ4n) is 2.71. The first-order valence-corrected chi connectivity index (χ1v) is 9.40. The zero-order valence-electron chi connectivity index (χ0n) is 13.4. The monoisotopic (exact) mass is 335 g/mol. The number of sulfone groups is 1. The lowest BCUT2D eigenvalue weighted by Crippen LogP contribution is -2.38. The number of nitrogens with zero attached hydrogens (tertiary/aromatic N) is 1. The highest BCUT2D eigenvalue weighted by atomic mass is 32.2. The summed E-state index contributed by atoms with van der Waals surface area (Å²) in [6.07, 6.45) is -0.100. The van der Waals surface area contributed by atoms with E-state index in [1.165, 1.54) is 0 Å². The summed E-state index contributed by atoms with van der Waals surface area (Å²) in [4.78, 5) is 2.56. The largest absolute Gasteiger partial charge is 0.464 e. The maximum absolute atomic E-state index is 11.9. The normalized spacial score (nSPS) is 19.0. The van der Waals surface area contributed by atoms with E-state index in [0.29, 0.717) is 18.0 Å². The predicted octanol–water partition coefficient (Wildman–Crippen LogP) is 2.96. The summed E-state index contributed by atoms with van der Waals surface area (Å²) in [6.45, 7) is 5.64. The summed E-state index contributed by atoms with van der Waals surface area (Å²) >= 11 is 0. The van der Waals surface area contributed by atoms with Gasteiger partial charge in [-0.25, -0.2) is 8.42 Å². The van der Waals surface area contributed by atoms with Crippen molar-refractivity contribution in [2.24, 2.45) is 0 Å². The molecule has 0 spiro atoms.